The number of aliphatic hydroxyl groups excluding tert-OH is 1. The summed E-state index contributed by atoms with van der Waals surface area (Å²) in [5, 5.41) is 17.3. The van der Waals surface area contributed by atoms with Gasteiger partial charge in [-0.3, -0.25) is 4.68 Å². The Bertz CT molecular complexity index is 495. The van der Waals surface area contributed by atoms with Gasteiger partial charge in [-0.25, -0.2) is 0 Å². The van der Waals surface area contributed by atoms with Crippen LogP contribution < -0.4 is 5.32 Å². The Morgan fingerprint density at radius 3 is 2.58 bits per heavy atom. The molecule has 0 spiro atoms. The van der Waals surface area contributed by atoms with E-state index in [2.05, 4.69) is 24.3 Å². The van der Waals surface area contributed by atoms with Crippen molar-refractivity contribution in [1.82, 2.24) is 15.1 Å². The number of aliphatic hydroxyl groups is 1. The van der Waals surface area contributed by atoms with Crippen molar-refractivity contribution in [1.29, 1.82) is 0 Å². The van der Waals surface area contributed by atoms with Gasteiger partial charge in [0.1, 0.15) is 0 Å². The smallest absolute Gasteiger partial charge is 0.0626 e. The molecule has 1 aromatic heterocycles. The first kappa shape index (κ1) is 13.8. The van der Waals surface area contributed by atoms with Crippen LogP contribution in [-0.4, -0.2) is 21.5 Å². The van der Waals surface area contributed by atoms with E-state index in [0.717, 1.165) is 17.7 Å². The van der Waals surface area contributed by atoms with Crippen LogP contribution in [0.4, 0.5) is 0 Å². The minimum Gasteiger partial charge on any atom is -0.394 e. The third-order valence-electron chi connectivity index (χ3n) is 3.31. The predicted octanol–water partition coefficient (Wildman–Crippen LogP) is 2.29. The predicted molar refractivity (Wildman–Crippen MR) is 75.7 cm³/mol. The van der Waals surface area contributed by atoms with Crippen LogP contribution >= 0.6 is 0 Å². The fourth-order valence-electron chi connectivity index (χ4n) is 2.11. The van der Waals surface area contributed by atoms with Gasteiger partial charge in [-0.05, 0) is 19.4 Å². The number of hydrogen-bond acceptors (Lipinski definition) is 3. The van der Waals surface area contributed by atoms with E-state index in [0.29, 0.717) is 0 Å². The van der Waals surface area contributed by atoms with E-state index >= 15 is 0 Å². The Kier molecular flexibility index (Phi) is 4.71. The summed E-state index contributed by atoms with van der Waals surface area (Å²) in [5.41, 5.74) is 2.23. The summed E-state index contributed by atoms with van der Waals surface area (Å²) >= 11 is 0. The summed E-state index contributed by atoms with van der Waals surface area (Å²) in [6.45, 7) is 5.10. The number of benzene rings is 1. The molecule has 4 nitrogen and oxygen atoms in total. The largest absolute Gasteiger partial charge is 0.394 e. The molecule has 2 rings (SSSR count). The highest BCUT2D eigenvalue weighted by atomic mass is 16.3. The topological polar surface area (TPSA) is 50.1 Å². The van der Waals surface area contributed by atoms with Crippen LogP contribution in [0.15, 0.2) is 42.7 Å². The highest BCUT2D eigenvalue weighted by Crippen LogP contribution is 2.18. The number of nitrogens with zero attached hydrogens (tertiary/aromatic N) is 2. The lowest BCUT2D eigenvalue weighted by Gasteiger charge is -2.21. The molecule has 0 aliphatic heterocycles. The van der Waals surface area contributed by atoms with Crippen molar-refractivity contribution >= 4 is 0 Å². The van der Waals surface area contributed by atoms with Gasteiger partial charge in [0.05, 0.1) is 18.8 Å². The first-order valence-corrected chi connectivity index (χ1v) is 6.68. The van der Waals surface area contributed by atoms with Crippen molar-refractivity contribution in [3.63, 3.8) is 0 Å². The molecule has 2 N–H and O–H groups in total. The highest BCUT2D eigenvalue weighted by molar-refractivity contribution is 5.20. The summed E-state index contributed by atoms with van der Waals surface area (Å²) in [4.78, 5) is 0. The van der Waals surface area contributed by atoms with Crippen LogP contribution in [0, 0.1) is 0 Å². The molecule has 2 aromatic rings. The second-order valence-electron chi connectivity index (χ2n) is 4.66. The highest BCUT2D eigenvalue weighted by Gasteiger charge is 2.15. The number of rotatable bonds is 6. The fraction of sp³-hybridized carbons (Fsp3) is 0.400. The van der Waals surface area contributed by atoms with Crippen molar-refractivity contribution in [3.05, 3.63) is 53.9 Å². The molecule has 0 aliphatic carbocycles. The van der Waals surface area contributed by atoms with E-state index in [-0.39, 0.29) is 18.7 Å². The molecule has 0 fully saturated rings. The van der Waals surface area contributed by atoms with Crippen molar-refractivity contribution in [2.75, 3.05) is 6.61 Å². The lowest BCUT2D eigenvalue weighted by Crippen LogP contribution is -2.27. The maximum absolute atomic E-state index is 9.54. The van der Waals surface area contributed by atoms with Gasteiger partial charge in [-0.2, -0.15) is 5.10 Å². The Morgan fingerprint density at radius 2 is 2.00 bits per heavy atom. The van der Waals surface area contributed by atoms with E-state index in [4.69, 9.17) is 0 Å². The van der Waals surface area contributed by atoms with Crippen LogP contribution in [0.5, 0.6) is 0 Å². The molecule has 2 atom stereocenters. The summed E-state index contributed by atoms with van der Waals surface area (Å²) in [5.74, 6) is 0. The summed E-state index contributed by atoms with van der Waals surface area (Å²) in [6.07, 6.45) is 3.91. The zero-order chi connectivity index (χ0) is 13.7. The van der Waals surface area contributed by atoms with Crippen molar-refractivity contribution < 1.29 is 5.11 Å². The maximum Gasteiger partial charge on any atom is 0.0626 e. The molecular weight excluding hydrogens is 238 g/mol. The lowest BCUT2D eigenvalue weighted by atomic mass is 10.1. The number of hydrogen-bond donors (Lipinski definition) is 2. The van der Waals surface area contributed by atoms with Crippen LogP contribution in [0.1, 0.15) is 37.1 Å². The van der Waals surface area contributed by atoms with Gasteiger partial charge in [0.2, 0.25) is 0 Å². The SMILES string of the molecule is CCn1cc(C(C)NC(CO)c2ccccc2)cn1. The van der Waals surface area contributed by atoms with E-state index in [1.54, 1.807) is 0 Å². The monoisotopic (exact) mass is 259 g/mol. The first-order chi connectivity index (χ1) is 9.24. The molecule has 0 saturated heterocycles. The second-order valence-corrected chi connectivity index (χ2v) is 4.66. The van der Waals surface area contributed by atoms with Gasteiger partial charge in [-0.1, -0.05) is 30.3 Å². The van der Waals surface area contributed by atoms with E-state index in [1.165, 1.54) is 0 Å². The number of aromatic nitrogens is 2. The van der Waals surface area contributed by atoms with E-state index in [1.807, 2.05) is 47.4 Å². The maximum atomic E-state index is 9.54. The normalized spacial score (nSPS) is 14.3. The van der Waals surface area contributed by atoms with Gasteiger partial charge >= 0.3 is 0 Å². The zero-order valence-electron chi connectivity index (χ0n) is 11.5. The number of nitrogens with one attached hydrogen (secondary N) is 1. The molecule has 0 bridgehead atoms. The van der Waals surface area contributed by atoms with Crippen molar-refractivity contribution in [2.45, 2.75) is 32.5 Å². The minimum atomic E-state index is -0.0545. The first-order valence-electron chi connectivity index (χ1n) is 6.68. The molecule has 0 radical (unpaired) electrons. The van der Waals surface area contributed by atoms with Gasteiger partial charge < -0.3 is 10.4 Å². The third-order valence-corrected chi connectivity index (χ3v) is 3.31. The second kappa shape index (κ2) is 6.50. The van der Waals surface area contributed by atoms with Crippen LogP contribution in [0.2, 0.25) is 0 Å². The fourth-order valence-corrected chi connectivity index (χ4v) is 2.11. The zero-order valence-corrected chi connectivity index (χ0v) is 11.5. The van der Waals surface area contributed by atoms with Crippen LogP contribution in [0.25, 0.3) is 0 Å². The average molecular weight is 259 g/mol. The molecule has 19 heavy (non-hydrogen) atoms. The van der Waals surface area contributed by atoms with E-state index < -0.39 is 0 Å². The molecular formula is C15H21N3O. The molecule has 102 valence electrons. The molecule has 2 unspecified atom stereocenters. The molecule has 1 aromatic carbocycles. The van der Waals surface area contributed by atoms with E-state index in [9.17, 15) is 5.11 Å². The van der Waals surface area contributed by atoms with Crippen LogP contribution in [-0.2, 0) is 6.54 Å². The minimum absolute atomic E-state index is 0.0545. The molecule has 0 amide bonds. The average Bonchev–Trinajstić information content (AvgIpc) is 2.94. The molecule has 1 heterocycles. The van der Waals surface area contributed by atoms with Crippen molar-refractivity contribution in [3.8, 4) is 0 Å². The third kappa shape index (κ3) is 3.43. The Morgan fingerprint density at radius 1 is 1.26 bits per heavy atom. The molecule has 0 saturated carbocycles. The van der Waals surface area contributed by atoms with Gasteiger partial charge in [0.25, 0.3) is 0 Å². The summed E-state index contributed by atoms with van der Waals surface area (Å²) in [6, 6.07) is 10.1. The summed E-state index contributed by atoms with van der Waals surface area (Å²) < 4.78 is 1.91. The number of aryl methyl sites for hydroxylation is 1. The Labute approximate surface area is 114 Å². The quantitative estimate of drug-likeness (QED) is 0.837. The lowest BCUT2D eigenvalue weighted by molar-refractivity contribution is 0.235. The van der Waals surface area contributed by atoms with Crippen LogP contribution in [0.3, 0.4) is 0 Å². The standard InChI is InChI=1S/C15H21N3O/c1-3-18-10-14(9-16-18)12(2)17-15(11-19)13-7-5-4-6-8-13/h4-10,12,15,17,19H,3,11H2,1-2H3. The Balaban J connectivity index is 2.06. The Hall–Kier alpha value is -1.65. The molecule has 4 heteroatoms. The summed E-state index contributed by atoms with van der Waals surface area (Å²) in [7, 11) is 0. The van der Waals surface area contributed by atoms with Gasteiger partial charge in [-0.15, -0.1) is 0 Å². The molecule has 0 aliphatic rings. The van der Waals surface area contributed by atoms with Gasteiger partial charge in [0, 0.05) is 24.3 Å². The van der Waals surface area contributed by atoms with Crippen molar-refractivity contribution in [2.24, 2.45) is 0 Å². The van der Waals surface area contributed by atoms with Gasteiger partial charge in [0.15, 0.2) is 0 Å².